The number of para-hydroxylation sites is 1. The van der Waals surface area contributed by atoms with Crippen LogP contribution >= 0.6 is 0 Å². The lowest BCUT2D eigenvalue weighted by Gasteiger charge is -2.14. The molecule has 0 saturated heterocycles. The highest BCUT2D eigenvalue weighted by atomic mass is 16.3. The molecule has 4 N–H and O–H groups in total. The number of aliphatic hydroxyl groups excluding tert-OH is 1. The standard InChI is InChI=1S/C11H17NO2/c1-2-4-10(12)9-6-3-5-8(7-13)11(9)14/h3,5-6,10,13-14H,2,4,7,12H2,1H3/t10-/m1/s1. The van der Waals surface area contributed by atoms with Gasteiger partial charge in [0.15, 0.2) is 0 Å². The molecular weight excluding hydrogens is 178 g/mol. The van der Waals surface area contributed by atoms with E-state index in [9.17, 15) is 5.11 Å². The molecular formula is C11H17NO2. The molecule has 78 valence electrons. The molecule has 0 amide bonds. The van der Waals surface area contributed by atoms with E-state index in [1.165, 1.54) is 0 Å². The van der Waals surface area contributed by atoms with E-state index >= 15 is 0 Å². The van der Waals surface area contributed by atoms with Crippen LogP contribution in [0.1, 0.15) is 36.9 Å². The van der Waals surface area contributed by atoms with Gasteiger partial charge in [-0.2, -0.15) is 0 Å². The Morgan fingerprint density at radius 3 is 2.71 bits per heavy atom. The van der Waals surface area contributed by atoms with Crippen molar-refractivity contribution in [2.45, 2.75) is 32.4 Å². The number of hydrogen-bond acceptors (Lipinski definition) is 3. The van der Waals surface area contributed by atoms with Crippen LogP contribution in [0.2, 0.25) is 0 Å². The van der Waals surface area contributed by atoms with Gasteiger partial charge in [-0.3, -0.25) is 0 Å². The van der Waals surface area contributed by atoms with E-state index in [0.29, 0.717) is 5.56 Å². The molecule has 0 bridgehead atoms. The number of nitrogens with two attached hydrogens (primary N) is 1. The van der Waals surface area contributed by atoms with Crippen LogP contribution in [0.25, 0.3) is 0 Å². The molecule has 0 unspecified atom stereocenters. The molecule has 0 fully saturated rings. The van der Waals surface area contributed by atoms with E-state index in [1.54, 1.807) is 18.2 Å². The topological polar surface area (TPSA) is 66.5 Å². The van der Waals surface area contributed by atoms with Gasteiger partial charge in [0.1, 0.15) is 5.75 Å². The maximum Gasteiger partial charge on any atom is 0.125 e. The Bertz CT molecular complexity index is 299. The van der Waals surface area contributed by atoms with Crippen LogP contribution < -0.4 is 5.73 Å². The maximum atomic E-state index is 9.75. The third-order valence-electron chi connectivity index (χ3n) is 2.32. The molecule has 0 aliphatic carbocycles. The minimum Gasteiger partial charge on any atom is -0.507 e. The van der Waals surface area contributed by atoms with Crippen LogP contribution in [-0.2, 0) is 6.61 Å². The van der Waals surface area contributed by atoms with Crippen molar-refractivity contribution in [3.05, 3.63) is 29.3 Å². The molecule has 1 aromatic carbocycles. The second-order valence-electron chi connectivity index (χ2n) is 3.41. The number of rotatable bonds is 4. The van der Waals surface area contributed by atoms with E-state index in [2.05, 4.69) is 0 Å². The minimum absolute atomic E-state index is 0.135. The first-order chi connectivity index (χ1) is 6.70. The van der Waals surface area contributed by atoms with Gasteiger partial charge in [0.05, 0.1) is 6.61 Å². The SMILES string of the molecule is CCC[C@@H](N)c1cccc(CO)c1O. The van der Waals surface area contributed by atoms with Gasteiger partial charge in [0.2, 0.25) is 0 Å². The highest BCUT2D eigenvalue weighted by molar-refractivity contribution is 5.41. The zero-order chi connectivity index (χ0) is 10.6. The maximum absolute atomic E-state index is 9.75. The summed E-state index contributed by atoms with van der Waals surface area (Å²) < 4.78 is 0. The van der Waals surface area contributed by atoms with Gasteiger partial charge in [-0.05, 0) is 6.42 Å². The number of aliphatic hydroxyl groups is 1. The van der Waals surface area contributed by atoms with Crippen molar-refractivity contribution in [2.75, 3.05) is 0 Å². The average molecular weight is 195 g/mol. The van der Waals surface area contributed by atoms with Crippen LogP contribution in [-0.4, -0.2) is 10.2 Å². The van der Waals surface area contributed by atoms with Crippen molar-refractivity contribution in [1.29, 1.82) is 0 Å². The van der Waals surface area contributed by atoms with Gasteiger partial charge in [-0.15, -0.1) is 0 Å². The molecule has 0 heterocycles. The third-order valence-corrected chi connectivity index (χ3v) is 2.32. The van der Waals surface area contributed by atoms with Crippen molar-refractivity contribution in [1.82, 2.24) is 0 Å². The van der Waals surface area contributed by atoms with E-state index in [0.717, 1.165) is 18.4 Å². The van der Waals surface area contributed by atoms with Crippen molar-refractivity contribution in [3.63, 3.8) is 0 Å². The molecule has 0 aromatic heterocycles. The molecule has 1 aromatic rings. The average Bonchev–Trinajstić information content (AvgIpc) is 2.18. The molecule has 14 heavy (non-hydrogen) atoms. The normalized spacial score (nSPS) is 12.8. The van der Waals surface area contributed by atoms with Crippen molar-refractivity contribution in [3.8, 4) is 5.75 Å². The Labute approximate surface area is 84.2 Å². The summed E-state index contributed by atoms with van der Waals surface area (Å²) in [6.45, 7) is 1.89. The van der Waals surface area contributed by atoms with E-state index in [1.807, 2.05) is 6.92 Å². The number of aromatic hydroxyl groups is 1. The zero-order valence-electron chi connectivity index (χ0n) is 8.40. The monoisotopic (exact) mass is 195 g/mol. The first-order valence-electron chi connectivity index (χ1n) is 4.87. The Hall–Kier alpha value is -1.06. The van der Waals surface area contributed by atoms with Gasteiger partial charge < -0.3 is 15.9 Å². The lowest BCUT2D eigenvalue weighted by atomic mass is 10.00. The first-order valence-corrected chi connectivity index (χ1v) is 4.87. The van der Waals surface area contributed by atoms with Crippen LogP contribution in [0.5, 0.6) is 5.75 Å². The minimum atomic E-state index is -0.154. The van der Waals surface area contributed by atoms with Gasteiger partial charge >= 0.3 is 0 Å². The molecule has 0 aliphatic heterocycles. The van der Waals surface area contributed by atoms with E-state index in [4.69, 9.17) is 10.8 Å². The highest BCUT2D eigenvalue weighted by Crippen LogP contribution is 2.28. The summed E-state index contributed by atoms with van der Waals surface area (Å²) in [6, 6.07) is 5.15. The molecule has 0 saturated carbocycles. The number of benzene rings is 1. The highest BCUT2D eigenvalue weighted by Gasteiger charge is 2.12. The van der Waals surface area contributed by atoms with Gasteiger partial charge in [-0.25, -0.2) is 0 Å². The fourth-order valence-corrected chi connectivity index (χ4v) is 1.50. The Morgan fingerprint density at radius 2 is 2.14 bits per heavy atom. The molecule has 1 atom stereocenters. The molecule has 3 nitrogen and oxygen atoms in total. The second-order valence-corrected chi connectivity index (χ2v) is 3.41. The van der Waals surface area contributed by atoms with Gasteiger partial charge in [0.25, 0.3) is 0 Å². The third kappa shape index (κ3) is 2.25. The molecule has 3 heteroatoms. The zero-order valence-corrected chi connectivity index (χ0v) is 8.40. The Morgan fingerprint density at radius 1 is 1.43 bits per heavy atom. The second kappa shape index (κ2) is 4.98. The Balaban J connectivity index is 2.96. The van der Waals surface area contributed by atoms with Crippen molar-refractivity contribution in [2.24, 2.45) is 5.73 Å². The Kier molecular flexibility index (Phi) is 3.92. The fourth-order valence-electron chi connectivity index (χ4n) is 1.50. The summed E-state index contributed by atoms with van der Waals surface area (Å²) in [4.78, 5) is 0. The summed E-state index contributed by atoms with van der Waals surface area (Å²) in [7, 11) is 0. The largest absolute Gasteiger partial charge is 0.507 e. The molecule has 1 rings (SSSR count). The molecule has 0 spiro atoms. The predicted octanol–water partition coefficient (Wildman–Crippen LogP) is 1.68. The number of phenols is 1. The first kappa shape index (κ1) is 11.0. The van der Waals surface area contributed by atoms with E-state index in [-0.39, 0.29) is 18.4 Å². The lowest BCUT2D eigenvalue weighted by Crippen LogP contribution is -2.10. The summed E-state index contributed by atoms with van der Waals surface area (Å²) >= 11 is 0. The predicted molar refractivity (Wildman–Crippen MR) is 55.9 cm³/mol. The number of hydrogen-bond donors (Lipinski definition) is 3. The lowest BCUT2D eigenvalue weighted by molar-refractivity contribution is 0.275. The van der Waals surface area contributed by atoms with E-state index < -0.39 is 0 Å². The van der Waals surface area contributed by atoms with Crippen LogP contribution in [0.3, 0.4) is 0 Å². The summed E-state index contributed by atoms with van der Waals surface area (Å²) in [6.07, 6.45) is 1.81. The van der Waals surface area contributed by atoms with Gasteiger partial charge in [-0.1, -0.05) is 31.5 Å². The van der Waals surface area contributed by atoms with Crippen molar-refractivity contribution < 1.29 is 10.2 Å². The smallest absolute Gasteiger partial charge is 0.125 e. The van der Waals surface area contributed by atoms with Crippen molar-refractivity contribution >= 4 is 0 Å². The molecule has 0 radical (unpaired) electrons. The van der Waals surface area contributed by atoms with Gasteiger partial charge in [0, 0.05) is 17.2 Å². The molecule has 0 aliphatic rings. The fraction of sp³-hybridized carbons (Fsp3) is 0.455. The van der Waals surface area contributed by atoms with Crippen LogP contribution in [0.15, 0.2) is 18.2 Å². The summed E-state index contributed by atoms with van der Waals surface area (Å²) in [5, 5.41) is 18.7. The summed E-state index contributed by atoms with van der Waals surface area (Å²) in [5.74, 6) is 0.135. The quantitative estimate of drug-likeness (QED) is 0.684. The van der Waals surface area contributed by atoms with Crippen LogP contribution in [0, 0.1) is 0 Å². The van der Waals surface area contributed by atoms with Crippen LogP contribution in [0.4, 0.5) is 0 Å². The summed E-state index contributed by atoms with van der Waals surface area (Å²) in [5.41, 5.74) is 7.15.